The maximum absolute atomic E-state index is 13.3. The van der Waals surface area contributed by atoms with E-state index in [1.54, 1.807) is 41.1 Å². The normalized spacial score (nSPS) is 14.9. The lowest BCUT2D eigenvalue weighted by atomic mass is 10.2. The highest BCUT2D eigenvalue weighted by Crippen LogP contribution is 2.28. The summed E-state index contributed by atoms with van der Waals surface area (Å²) in [6, 6.07) is 24.5. The minimum atomic E-state index is -3.63. The number of sulfone groups is 1. The summed E-state index contributed by atoms with van der Waals surface area (Å²) in [6.45, 7) is 3.93. The molecule has 186 valence electrons. The molecule has 3 aromatic carbocycles. The Balaban J connectivity index is 1.30. The fourth-order valence-corrected chi connectivity index (χ4v) is 6.42. The summed E-state index contributed by atoms with van der Waals surface area (Å²) in [6.07, 6.45) is 1.61. The van der Waals surface area contributed by atoms with Gasteiger partial charge in [0.2, 0.25) is 5.91 Å². The number of benzene rings is 3. The molecule has 8 heteroatoms. The quantitative estimate of drug-likeness (QED) is 0.356. The van der Waals surface area contributed by atoms with E-state index >= 15 is 0 Å². The fraction of sp³-hybridized carbons (Fsp3) is 0.250. The monoisotopic (exact) mass is 521 g/mol. The maximum Gasteiger partial charge on any atom is 0.242 e. The number of hydrogen-bond acceptors (Lipinski definition) is 4. The Kier molecular flexibility index (Phi) is 7.14. The van der Waals surface area contributed by atoms with E-state index in [0.29, 0.717) is 29.1 Å². The first kappa shape index (κ1) is 24.6. The fourth-order valence-electron chi connectivity index (χ4n) is 4.71. The number of fused-ring (bicyclic) bond motifs is 1. The number of carbonyl (C=O) groups is 1. The number of halogens is 1. The van der Waals surface area contributed by atoms with Crippen molar-refractivity contribution < 1.29 is 13.2 Å². The molecule has 0 N–H and O–H groups in total. The van der Waals surface area contributed by atoms with Crippen LogP contribution in [-0.4, -0.2) is 54.9 Å². The van der Waals surface area contributed by atoms with Crippen molar-refractivity contribution in [1.82, 2.24) is 14.4 Å². The lowest BCUT2D eigenvalue weighted by molar-refractivity contribution is -0.133. The predicted molar refractivity (Wildman–Crippen MR) is 143 cm³/mol. The summed E-state index contributed by atoms with van der Waals surface area (Å²) in [4.78, 5) is 17.7. The van der Waals surface area contributed by atoms with Crippen LogP contribution >= 0.6 is 11.6 Å². The first-order valence-electron chi connectivity index (χ1n) is 12.0. The highest BCUT2D eigenvalue weighted by Gasteiger charge is 2.25. The van der Waals surface area contributed by atoms with E-state index in [1.807, 2.05) is 41.3 Å². The standard InChI is InChI=1S/C28H28ClN3O3S/c29-24-12-10-23(11-13-24)21-36(34,35)27-19-32(26-9-5-4-8-25(26)27)20-28(33)31-16-14-30(15-17-31)18-22-6-2-1-3-7-22/h1-13,19H,14-18,20-21H2. The zero-order valence-electron chi connectivity index (χ0n) is 19.9. The second-order valence-electron chi connectivity index (χ2n) is 9.17. The van der Waals surface area contributed by atoms with E-state index in [-0.39, 0.29) is 23.1 Å². The molecule has 1 aliphatic heterocycles. The third kappa shape index (κ3) is 5.48. The van der Waals surface area contributed by atoms with Crippen LogP contribution in [0.1, 0.15) is 11.1 Å². The summed E-state index contributed by atoms with van der Waals surface area (Å²) in [5.74, 6) is -0.132. The van der Waals surface area contributed by atoms with Gasteiger partial charge in [-0.1, -0.05) is 72.3 Å². The molecular weight excluding hydrogens is 494 g/mol. The highest BCUT2D eigenvalue weighted by molar-refractivity contribution is 7.90. The molecule has 0 saturated carbocycles. The SMILES string of the molecule is O=C(Cn1cc(S(=O)(=O)Cc2ccc(Cl)cc2)c2ccccc21)N1CCN(Cc2ccccc2)CC1. The number of carbonyl (C=O) groups excluding carboxylic acids is 1. The Hall–Kier alpha value is -3.13. The molecular formula is C28H28ClN3O3S. The van der Waals surface area contributed by atoms with Crippen molar-refractivity contribution in [3.63, 3.8) is 0 Å². The van der Waals surface area contributed by atoms with Crippen molar-refractivity contribution in [1.29, 1.82) is 0 Å². The maximum atomic E-state index is 13.3. The number of piperazine rings is 1. The van der Waals surface area contributed by atoms with Crippen LogP contribution in [0.4, 0.5) is 0 Å². The smallest absolute Gasteiger partial charge is 0.242 e. The summed E-state index contributed by atoms with van der Waals surface area (Å²) >= 11 is 5.95. The Morgan fingerprint density at radius 2 is 1.47 bits per heavy atom. The number of para-hydroxylation sites is 1. The molecule has 1 aliphatic rings. The van der Waals surface area contributed by atoms with Gasteiger partial charge in [0.1, 0.15) is 6.54 Å². The number of amides is 1. The van der Waals surface area contributed by atoms with Crippen molar-refractivity contribution in [2.75, 3.05) is 26.2 Å². The average molecular weight is 522 g/mol. The average Bonchev–Trinajstić information content (AvgIpc) is 3.26. The van der Waals surface area contributed by atoms with Crippen LogP contribution in [0.25, 0.3) is 10.9 Å². The summed E-state index contributed by atoms with van der Waals surface area (Å²) in [7, 11) is -3.63. The van der Waals surface area contributed by atoms with Crippen molar-refractivity contribution >= 4 is 38.2 Å². The van der Waals surface area contributed by atoms with Crippen LogP contribution in [0.3, 0.4) is 0 Å². The third-order valence-corrected chi connectivity index (χ3v) is 8.60. The van der Waals surface area contributed by atoms with Gasteiger partial charge in [0, 0.05) is 54.8 Å². The van der Waals surface area contributed by atoms with Crippen LogP contribution in [0.15, 0.2) is 90.0 Å². The molecule has 1 aromatic heterocycles. The Labute approximate surface area is 216 Å². The minimum Gasteiger partial charge on any atom is -0.339 e. The van der Waals surface area contributed by atoms with Gasteiger partial charge in [-0.2, -0.15) is 0 Å². The molecule has 0 bridgehead atoms. The Morgan fingerprint density at radius 1 is 0.806 bits per heavy atom. The minimum absolute atomic E-state index is 0.00300. The summed E-state index contributed by atoms with van der Waals surface area (Å²) in [5.41, 5.74) is 2.67. The molecule has 1 fully saturated rings. The van der Waals surface area contributed by atoms with Crippen molar-refractivity contribution in [3.8, 4) is 0 Å². The molecule has 4 aromatic rings. The zero-order valence-corrected chi connectivity index (χ0v) is 21.5. The lowest BCUT2D eigenvalue weighted by Gasteiger charge is -2.35. The van der Waals surface area contributed by atoms with Gasteiger partial charge in [-0.25, -0.2) is 8.42 Å². The van der Waals surface area contributed by atoms with Crippen molar-refractivity contribution in [2.45, 2.75) is 23.7 Å². The van der Waals surface area contributed by atoms with Crippen LogP contribution < -0.4 is 0 Å². The van der Waals surface area contributed by atoms with E-state index in [0.717, 1.165) is 25.2 Å². The first-order valence-corrected chi connectivity index (χ1v) is 14.0. The molecule has 1 saturated heterocycles. The van der Waals surface area contributed by atoms with Crippen LogP contribution in [0.5, 0.6) is 0 Å². The molecule has 0 spiro atoms. The Morgan fingerprint density at radius 3 is 2.19 bits per heavy atom. The lowest BCUT2D eigenvalue weighted by Crippen LogP contribution is -2.49. The van der Waals surface area contributed by atoms with Gasteiger partial charge in [0.15, 0.2) is 9.84 Å². The number of hydrogen-bond donors (Lipinski definition) is 0. The molecule has 0 radical (unpaired) electrons. The molecule has 6 nitrogen and oxygen atoms in total. The zero-order chi connectivity index (χ0) is 25.1. The van der Waals surface area contributed by atoms with Gasteiger partial charge in [-0.3, -0.25) is 9.69 Å². The molecule has 0 aliphatic carbocycles. The number of rotatable bonds is 7. The van der Waals surface area contributed by atoms with Crippen molar-refractivity contribution in [2.24, 2.45) is 0 Å². The van der Waals surface area contributed by atoms with Gasteiger partial charge < -0.3 is 9.47 Å². The van der Waals surface area contributed by atoms with E-state index in [2.05, 4.69) is 17.0 Å². The topological polar surface area (TPSA) is 62.6 Å². The summed E-state index contributed by atoms with van der Waals surface area (Å²) in [5, 5.41) is 1.19. The van der Waals surface area contributed by atoms with E-state index in [9.17, 15) is 13.2 Å². The van der Waals surface area contributed by atoms with Gasteiger partial charge in [0.05, 0.1) is 10.6 Å². The number of nitrogens with zero attached hydrogens (tertiary/aromatic N) is 3. The second kappa shape index (κ2) is 10.5. The third-order valence-electron chi connectivity index (χ3n) is 6.64. The summed E-state index contributed by atoms with van der Waals surface area (Å²) < 4.78 is 28.4. The van der Waals surface area contributed by atoms with E-state index in [1.165, 1.54) is 5.56 Å². The highest BCUT2D eigenvalue weighted by atomic mass is 35.5. The number of aromatic nitrogens is 1. The molecule has 5 rings (SSSR count). The second-order valence-corrected chi connectivity index (χ2v) is 11.6. The van der Waals surface area contributed by atoms with Crippen molar-refractivity contribution in [3.05, 3.63) is 101 Å². The molecule has 2 heterocycles. The largest absolute Gasteiger partial charge is 0.339 e. The van der Waals surface area contributed by atoms with Gasteiger partial charge >= 0.3 is 0 Å². The van der Waals surface area contributed by atoms with Gasteiger partial charge in [-0.05, 0) is 29.3 Å². The molecule has 0 atom stereocenters. The van der Waals surface area contributed by atoms with Gasteiger partial charge in [0.25, 0.3) is 0 Å². The molecule has 0 unspecified atom stereocenters. The molecule has 36 heavy (non-hydrogen) atoms. The van der Waals surface area contributed by atoms with Crippen LogP contribution in [0, 0.1) is 0 Å². The molecule has 1 amide bonds. The predicted octanol–water partition coefficient (Wildman–Crippen LogP) is 4.61. The van der Waals surface area contributed by atoms with Crippen LogP contribution in [0.2, 0.25) is 5.02 Å². The van der Waals surface area contributed by atoms with Gasteiger partial charge in [-0.15, -0.1) is 0 Å². The Bertz CT molecular complexity index is 1460. The van der Waals surface area contributed by atoms with E-state index in [4.69, 9.17) is 11.6 Å². The first-order chi connectivity index (χ1) is 17.4. The van der Waals surface area contributed by atoms with Crippen LogP contribution in [-0.2, 0) is 33.5 Å². The van der Waals surface area contributed by atoms with E-state index < -0.39 is 9.84 Å².